The van der Waals surface area contributed by atoms with Gasteiger partial charge in [0, 0.05) is 18.4 Å². The molecule has 2 heterocycles. The van der Waals surface area contributed by atoms with Crippen molar-refractivity contribution in [1.29, 1.82) is 0 Å². The molecule has 0 fully saturated rings. The standard InChI is InChI=1S/C22H25NO4/c1-14-4-7-16-17(12-22(2,3)27-19(16)10-14)23-21(24)9-6-15-5-8-18-20(11-15)26-13-25-18/h4-5,7-8,10-11,17H,6,9,12-13H2,1-3H3,(H,23,24)/t17-/m1/s1. The Kier molecular flexibility index (Phi) is 4.46. The monoisotopic (exact) mass is 367 g/mol. The number of carbonyl (C=O) groups excluding carboxylic acids is 1. The summed E-state index contributed by atoms with van der Waals surface area (Å²) >= 11 is 0. The van der Waals surface area contributed by atoms with Crippen LogP contribution in [0.3, 0.4) is 0 Å². The largest absolute Gasteiger partial charge is 0.487 e. The quantitative estimate of drug-likeness (QED) is 0.885. The third kappa shape index (κ3) is 3.87. The van der Waals surface area contributed by atoms with E-state index in [4.69, 9.17) is 14.2 Å². The first-order valence-corrected chi connectivity index (χ1v) is 9.37. The van der Waals surface area contributed by atoms with Crippen LogP contribution in [0.2, 0.25) is 0 Å². The molecule has 0 spiro atoms. The van der Waals surface area contributed by atoms with Gasteiger partial charge in [-0.3, -0.25) is 4.79 Å². The number of benzene rings is 2. The molecule has 1 amide bonds. The van der Waals surface area contributed by atoms with Crippen LogP contribution in [-0.2, 0) is 11.2 Å². The first kappa shape index (κ1) is 17.7. The Labute approximate surface area is 159 Å². The van der Waals surface area contributed by atoms with Gasteiger partial charge >= 0.3 is 0 Å². The molecule has 27 heavy (non-hydrogen) atoms. The van der Waals surface area contributed by atoms with Crippen molar-refractivity contribution in [2.45, 2.75) is 51.7 Å². The lowest BCUT2D eigenvalue weighted by atomic mass is 9.89. The molecule has 142 valence electrons. The molecule has 0 unspecified atom stereocenters. The smallest absolute Gasteiger partial charge is 0.231 e. The molecule has 0 aliphatic carbocycles. The number of fused-ring (bicyclic) bond motifs is 2. The van der Waals surface area contributed by atoms with Crippen molar-refractivity contribution in [3.8, 4) is 17.2 Å². The number of aryl methyl sites for hydroxylation is 2. The average Bonchev–Trinajstić information content (AvgIpc) is 3.06. The number of hydrogen-bond donors (Lipinski definition) is 1. The summed E-state index contributed by atoms with van der Waals surface area (Å²) in [6.07, 6.45) is 1.84. The summed E-state index contributed by atoms with van der Waals surface area (Å²) in [6.45, 7) is 6.43. The second-order valence-electron chi connectivity index (χ2n) is 7.91. The molecule has 0 aromatic heterocycles. The van der Waals surface area contributed by atoms with E-state index in [-0.39, 0.29) is 24.3 Å². The van der Waals surface area contributed by atoms with Crippen molar-refractivity contribution in [3.05, 3.63) is 53.1 Å². The van der Waals surface area contributed by atoms with Gasteiger partial charge in [-0.15, -0.1) is 0 Å². The van der Waals surface area contributed by atoms with Gasteiger partial charge in [-0.1, -0.05) is 18.2 Å². The van der Waals surface area contributed by atoms with Gasteiger partial charge in [0.2, 0.25) is 12.7 Å². The maximum Gasteiger partial charge on any atom is 0.231 e. The molecular weight excluding hydrogens is 342 g/mol. The molecule has 5 heteroatoms. The van der Waals surface area contributed by atoms with Crippen molar-refractivity contribution in [2.75, 3.05) is 6.79 Å². The molecule has 0 saturated carbocycles. The molecule has 2 aromatic carbocycles. The van der Waals surface area contributed by atoms with Gasteiger partial charge in [-0.25, -0.2) is 0 Å². The van der Waals surface area contributed by atoms with Crippen molar-refractivity contribution < 1.29 is 19.0 Å². The third-order valence-electron chi connectivity index (χ3n) is 5.04. The third-order valence-corrected chi connectivity index (χ3v) is 5.04. The van der Waals surface area contributed by atoms with Crippen LogP contribution >= 0.6 is 0 Å². The zero-order chi connectivity index (χ0) is 19.0. The first-order chi connectivity index (χ1) is 12.9. The summed E-state index contributed by atoms with van der Waals surface area (Å²) in [5.74, 6) is 2.43. The summed E-state index contributed by atoms with van der Waals surface area (Å²) in [4.78, 5) is 12.6. The van der Waals surface area contributed by atoms with Crippen LogP contribution in [0.5, 0.6) is 17.2 Å². The van der Waals surface area contributed by atoms with Crippen molar-refractivity contribution in [1.82, 2.24) is 5.32 Å². The minimum absolute atomic E-state index is 0.0337. The molecule has 1 atom stereocenters. The van der Waals surface area contributed by atoms with Crippen LogP contribution in [0.15, 0.2) is 36.4 Å². The van der Waals surface area contributed by atoms with E-state index in [0.717, 1.165) is 40.4 Å². The summed E-state index contributed by atoms with van der Waals surface area (Å²) in [7, 11) is 0. The topological polar surface area (TPSA) is 56.8 Å². The first-order valence-electron chi connectivity index (χ1n) is 9.37. The van der Waals surface area contributed by atoms with Gasteiger partial charge in [-0.05, 0) is 56.5 Å². The van der Waals surface area contributed by atoms with Gasteiger partial charge in [0.15, 0.2) is 11.5 Å². The van der Waals surface area contributed by atoms with E-state index in [2.05, 4.69) is 31.3 Å². The van der Waals surface area contributed by atoms with Crippen molar-refractivity contribution in [2.24, 2.45) is 0 Å². The van der Waals surface area contributed by atoms with Crippen molar-refractivity contribution in [3.63, 3.8) is 0 Å². The van der Waals surface area contributed by atoms with E-state index in [0.29, 0.717) is 12.8 Å². The van der Waals surface area contributed by atoms with E-state index in [9.17, 15) is 4.79 Å². The predicted octanol–water partition coefficient (Wildman–Crippen LogP) is 4.07. The maximum absolute atomic E-state index is 12.6. The number of ether oxygens (including phenoxy) is 3. The van der Waals surface area contributed by atoms with E-state index in [1.165, 1.54) is 0 Å². The molecule has 0 saturated heterocycles. The summed E-state index contributed by atoms with van der Waals surface area (Å²) in [5, 5.41) is 3.20. The molecule has 2 aliphatic heterocycles. The number of nitrogens with one attached hydrogen (secondary N) is 1. The highest BCUT2D eigenvalue weighted by atomic mass is 16.7. The zero-order valence-electron chi connectivity index (χ0n) is 16.0. The predicted molar refractivity (Wildman–Crippen MR) is 102 cm³/mol. The van der Waals surface area contributed by atoms with Crippen LogP contribution in [0.1, 0.15) is 49.4 Å². The van der Waals surface area contributed by atoms with Crippen LogP contribution in [0.25, 0.3) is 0 Å². The molecule has 5 nitrogen and oxygen atoms in total. The van der Waals surface area contributed by atoms with Gasteiger partial charge in [0.25, 0.3) is 0 Å². The molecule has 0 bridgehead atoms. The normalized spacial score (nSPS) is 19.1. The van der Waals surface area contributed by atoms with Gasteiger partial charge < -0.3 is 19.5 Å². The lowest BCUT2D eigenvalue weighted by Crippen LogP contribution is -2.41. The van der Waals surface area contributed by atoms with Crippen LogP contribution in [0, 0.1) is 6.92 Å². The lowest BCUT2D eigenvalue weighted by molar-refractivity contribution is -0.122. The average molecular weight is 367 g/mol. The lowest BCUT2D eigenvalue weighted by Gasteiger charge is -2.38. The van der Waals surface area contributed by atoms with E-state index < -0.39 is 0 Å². The highest BCUT2D eigenvalue weighted by molar-refractivity contribution is 5.77. The minimum Gasteiger partial charge on any atom is -0.487 e. The van der Waals surface area contributed by atoms with Gasteiger partial charge in [0.05, 0.1) is 6.04 Å². The van der Waals surface area contributed by atoms with E-state index in [1.54, 1.807) is 0 Å². The molecule has 2 aromatic rings. The Morgan fingerprint density at radius 2 is 1.93 bits per heavy atom. The highest BCUT2D eigenvalue weighted by Gasteiger charge is 2.34. The Hall–Kier alpha value is -2.69. The second kappa shape index (κ2) is 6.80. The number of hydrogen-bond acceptors (Lipinski definition) is 4. The Bertz CT molecular complexity index is 875. The molecule has 0 radical (unpaired) electrons. The minimum atomic E-state index is -0.309. The Morgan fingerprint density at radius 1 is 1.11 bits per heavy atom. The maximum atomic E-state index is 12.6. The van der Waals surface area contributed by atoms with Crippen molar-refractivity contribution >= 4 is 5.91 Å². The second-order valence-corrected chi connectivity index (χ2v) is 7.91. The number of carbonyl (C=O) groups is 1. The summed E-state index contributed by atoms with van der Waals surface area (Å²) in [6, 6.07) is 12.0. The molecular formula is C22H25NO4. The molecule has 4 rings (SSSR count). The number of amides is 1. The van der Waals surface area contributed by atoms with Gasteiger partial charge in [-0.2, -0.15) is 0 Å². The zero-order valence-corrected chi connectivity index (χ0v) is 16.0. The van der Waals surface area contributed by atoms with Gasteiger partial charge in [0.1, 0.15) is 11.4 Å². The fraction of sp³-hybridized carbons (Fsp3) is 0.409. The fourth-order valence-electron chi connectivity index (χ4n) is 3.71. The molecule has 1 N–H and O–H groups in total. The van der Waals surface area contributed by atoms with E-state index >= 15 is 0 Å². The number of rotatable bonds is 4. The van der Waals surface area contributed by atoms with E-state index in [1.807, 2.05) is 31.2 Å². The molecule has 2 aliphatic rings. The highest BCUT2D eigenvalue weighted by Crippen LogP contribution is 2.40. The van der Waals surface area contributed by atoms with Crippen LogP contribution in [-0.4, -0.2) is 18.3 Å². The fourth-order valence-corrected chi connectivity index (χ4v) is 3.71. The summed E-state index contributed by atoms with van der Waals surface area (Å²) in [5.41, 5.74) is 2.96. The van der Waals surface area contributed by atoms with Crippen LogP contribution < -0.4 is 19.5 Å². The van der Waals surface area contributed by atoms with Crippen LogP contribution in [0.4, 0.5) is 0 Å². The summed E-state index contributed by atoms with van der Waals surface area (Å²) < 4.78 is 16.8. The Morgan fingerprint density at radius 3 is 2.78 bits per heavy atom. The Balaban J connectivity index is 1.42. The SMILES string of the molecule is Cc1ccc2c(c1)OC(C)(C)C[C@H]2NC(=O)CCc1ccc2c(c1)OCO2.